The summed E-state index contributed by atoms with van der Waals surface area (Å²) in [6, 6.07) is 8.25. The normalized spacial score (nSPS) is 13.9. The van der Waals surface area contributed by atoms with Crippen LogP contribution < -0.4 is 4.74 Å². The van der Waals surface area contributed by atoms with E-state index < -0.39 is 0 Å². The fourth-order valence-corrected chi connectivity index (χ4v) is 2.62. The molecule has 0 saturated heterocycles. The predicted octanol–water partition coefficient (Wildman–Crippen LogP) is 8.95. The quantitative estimate of drug-likeness (QED) is 0.186. The molecule has 0 bridgehead atoms. The Bertz CT molecular complexity index is 827. The van der Waals surface area contributed by atoms with Gasteiger partial charge in [0.25, 0.3) is 0 Å². The van der Waals surface area contributed by atoms with E-state index in [1.165, 1.54) is 14.9 Å². The second-order valence-corrected chi connectivity index (χ2v) is 12.9. The second kappa shape index (κ2) is 13.3. The third-order valence-electron chi connectivity index (χ3n) is 4.67. The molecule has 2 rings (SSSR count). The van der Waals surface area contributed by atoms with Gasteiger partial charge in [0.05, 0.1) is 6.26 Å². The summed E-state index contributed by atoms with van der Waals surface area (Å²) < 4.78 is 7.20. The van der Waals surface area contributed by atoms with Crippen molar-refractivity contribution in [2.24, 2.45) is 10.8 Å². The first-order valence-electron chi connectivity index (χ1n) is 11.4. The van der Waals surface area contributed by atoms with Gasteiger partial charge in [0.1, 0.15) is 5.75 Å². The van der Waals surface area contributed by atoms with Crippen LogP contribution in [0.5, 0.6) is 5.75 Å². The summed E-state index contributed by atoms with van der Waals surface area (Å²) in [6.07, 6.45) is 12.2. The molecule has 0 aromatic heterocycles. The molecular formula is C30H45OTi. The molecule has 1 aliphatic carbocycles. The minimum atomic E-state index is 0.0450. The fourth-order valence-electron chi connectivity index (χ4n) is 2.62. The van der Waals surface area contributed by atoms with Gasteiger partial charge >= 0.3 is 37.6 Å². The molecule has 1 aromatic rings. The molecule has 0 N–H and O–H groups in total. The Morgan fingerprint density at radius 1 is 1.00 bits per heavy atom. The van der Waals surface area contributed by atoms with Gasteiger partial charge in [0, 0.05) is 0 Å². The van der Waals surface area contributed by atoms with Crippen LogP contribution in [0.3, 0.4) is 0 Å². The molecule has 0 radical (unpaired) electrons. The van der Waals surface area contributed by atoms with Crippen LogP contribution in [0, 0.1) is 16.9 Å². The Morgan fingerprint density at radius 2 is 1.56 bits per heavy atom. The van der Waals surface area contributed by atoms with Crippen molar-refractivity contribution in [2.75, 3.05) is 0 Å². The van der Waals surface area contributed by atoms with Crippen LogP contribution in [0.2, 0.25) is 0 Å². The van der Waals surface area contributed by atoms with E-state index in [4.69, 9.17) is 4.74 Å². The molecule has 0 saturated carbocycles. The summed E-state index contributed by atoms with van der Waals surface area (Å²) in [5.41, 5.74) is 4.28. The van der Waals surface area contributed by atoms with Crippen LogP contribution in [0.15, 0.2) is 66.5 Å². The van der Waals surface area contributed by atoms with Crippen LogP contribution in [0.1, 0.15) is 88.1 Å². The summed E-state index contributed by atoms with van der Waals surface area (Å²) >= 11 is 2.08. The molecule has 1 nitrogen and oxygen atoms in total. The first kappa shape index (κ1) is 30.6. The molecule has 175 valence electrons. The number of hydrogen-bond acceptors (Lipinski definition) is 1. The maximum atomic E-state index is 5.79. The van der Waals surface area contributed by atoms with Crippen LogP contribution in [-0.2, 0) is 25.4 Å². The Labute approximate surface area is 210 Å². The van der Waals surface area contributed by atoms with Gasteiger partial charge in [-0.1, -0.05) is 92.5 Å². The first-order valence-corrected chi connectivity index (χ1v) is 12.2. The fraction of sp³-hybridized carbons (Fsp3) is 0.500. The number of ether oxygens (including phenoxy) is 1. The monoisotopic (exact) mass is 469 g/mol. The number of hydrogen-bond donors (Lipinski definition) is 0. The van der Waals surface area contributed by atoms with Gasteiger partial charge in [-0.2, -0.15) is 11.6 Å². The number of benzene rings is 1. The molecular weight excluding hydrogens is 424 g/mol. The molecule has 0 heterocycles. The van der Waals surface area contributed by atoms with Gasteiger partial charge in [-0.05, 0) is 34.1 Å². The van der Waals surface area contributed by atoms with E-state index in [0.29, 0.717) is 5.41 Å². The molecule has 32 heavy (non-hydrogen) atoms. The SMILES string of the molecule is C=CC(=COc1cccc(C(C)(C)C)c1)C(C)(C)C.CC(C)(C)C1=CC[C-]=C1.C[C](C)=[Ti+]. The van der Waals surface area contributed by atoms with Gasteiger partial charge < -0.3 is 4.74 Å². The molecule has 1 aromatic carbocycles. The minimum absolute atomic E-state index is 0.0450. The van der Waals surface area contributed by atoms with Crippen molar-refractivity contribution in [3.05, 3.63) is 78.1 Å². The van der Waals surface area contributed by atoms with E-state index in [1.807, 2.05) is 18.2 Å². The van der Waals surface area contributed by atoms with Crippen LogP contribution >= 0.6 is 0 Å². The Balaban J connectivity index is 0.000000608. The topological polar surface area (TPSA) is 9.23 Å². The third-order valence-corrected chi connectivity index (χ3v) is 4.67. The zero-order valence-electron chi connectivity index (χ0n) is 22.4. The summed E-state index contributed by atoms with van der Waals surface area (Å²) in [6.45, 7) is 27.7. The van der Waals surface area contributed by atoms with Gasteiger partial charge in [0.2, 0.25) is 0 Å². The summed E-state index contributed by atoms with van der Waals surface area (Å²) in [5, 5.41) is 0. The van der Waals surface area contributed by atoms with E-state index in [9.17, 15) is 0 Å². The van der Waals surface area contributed by atoms with E-state index in [1.54, 1.807) is 6.26 Å². The van der Waals surface area contributed by atoms with Crippen molar-refractivity contribution in [3.63, 3.8) is 0 Å². The van der Waals surface area contributed by atoms with Gasteiger partial charge in [0.15, 0.2) is 0 Å². The van der Waals surface area contributed by atoms with Crippen molar-refractivity contribution >= 4 is 3.81 Å². The third kappa shape index (κ3) is 13.2. The average Bonchev–Trinajstić information content (AvgIpc) is 3.16. The van der Waals surface area contributed by atoms with Crippen molar-refractivity contribution in [1.29, 1.82) is 0 Å². The first-order chi connectivity index (χ1) is 14.5. The van der Waals surface area contributed by atoms with Crippen LogP contribution in [0.25, 0.3) is 0 Å². The molecule has 2 heteroatoms. The Morgan fingerprint density at radius 3 is 1.91 bits per heavy atom. The molecule has 0 fully saturated rings. The van der Waals surface area contributed by atoms with E-state index >= 15 is 0 Å². The van der Waals surface area contributed by atoms with E-state index in [-0.39, 0.29) is 10.8 Å². The van der Waals surface area contributed by atoms with Crippen LogP contribution in [-0.4, -0.2) is 3.81 Å². The molecule has 0 atom stereocenters. The molecule has 0 amide bonds. The summed E-state index contributed by atoms with van der Waals surface area (Å²) in [7, 11) is 0. The van der Waals surface area contributed by atoms with Gasteiger partial charge in [-0.15, -0.1) is 6.42 Å². The maximum absolute atomic E-state index is 5.79. The Hall–Kier alpha value is -1.44. The summed E-state index contributed by atoms with van der Waals surface area (Å²) in [4.78, 5) is 0. The number of rotatable bonds is 3. The van der Waals surface area contributed by atoms with E-state index in [2.05, 4.69) is 133 Å². The predicted molar refractivity (Wildman–Crippen MR) is 140 cm³/mol. The van der Waals surface area contributed by atoms with Gasteiger partial charge in [-0.3, -0.25) is 6.08 Å². The van der Waals surface area contributed by atoms with Crippen LogP contribution in [0.4, 0.5) is 0 Å². The number of allylic oxidation sites excluding steroid dienone is 6. The Kier molecular flexibility index (Phi) is 12.7. The zero-order valence-corrected chi connectivity index (χ0v) is 24.0. The van der Waals surface area contributed by atoms with E-state index in [0.717, 1.165) is 17.7 Å². The molecule has 0 aliphatic heterocycles. The summed E-state index contributed by atoms with van der Waals surface area (Å²) in [5.74, 6) is 0.871. The molecule has 0 unspecified atom stereocenters. The average molecular weight is 470 g/mol. The standard InChI is InChI=1S/C18H26O.C9H13.C3H6.Ti/c1-8-14(17(2,3)4)13-19-16-11-9-10-15(12-16)18(5,6)7;1-9(2,3)8-6-4-5-7-8;1-3-2;/h8-13H,1H2,2-7H3;6-7H,4H2,1-3H3;1-2H3;/q;-1;;+1. The van der Waals surface area contributed by atoms with Gasteiger partial charge in [-0.25, -0.2) is 6.08 Å². The van der Waals surface area contributed by atoms with Crippen molar-refractivity contribution < 1.29 is 24.7 Å². The molecule has 1 aliphatic rings. The van der Waals surface area contributed by atoms with Crippen molar-refractivity contribution in [3.8, 4) is 5.75 Å². The zero-order chi connectivity index (χ0) is 25.2. The molecule has 0 spiro atoms. The second-order valence-electron chi connectivity index (χ2n) is 11.4. The van der Waals surface area contributed by atoms with Crippen molar-refractivity contribution in [2.45, 2.75) is 88.0 Å². The van der Waals surface area contributed by atoms with Crippen molar-refractivity contribution in [1.82, 2.24) is 0 Å².